The quantitative estimate of drug-likeness (QED) is 0.0235. The van der Waals surface area contributed by atoms with Crippen LogP contribution in [-0.2, 0) is 32.7 Å². The molecule has 0 rings (SSSR count). The molecule has 0 aromatic heterocycles. The number of esters is 2. The summed E-state index contributed by atoms with van der Waals surface area (Å²) in [4.78, 5) is 35.0. The van der Waals surface area contributed by atoms with Crippen molar-refractivity contribution in [2.45, 2.75) is 187 Å². The number of ether oxygens (including phenoxy) is 2. The van der Waals surface area contributed by atoms with Gasteiger partial charge in [0.1, 0.15) is 12.7 Å². The number of aliphatic hydroxyl groups excluding tert-OH is 2. The number of unbranched alkanes of at least 4 members (excludes halogenated alkanes) is 15. The molecule has 11 heteroatoms. The molecule has 0 aliphatic rings. The van der Waals surface area contributed by atoms with E-state index in [0.29, 0.717) is 12.8 Å². The molecule has 0 amide bonds. The van der Waals surface area contributed by atoms with Gasteiger partial charge in [0.25, 0.3) is 0 Å². The van der Waals surface area contributed by atoms with E-state index in [4.69, 9.17) is 19.1 Å². The van der Waals surface area contributed by atoms with Crippen molar-refractivity contribution in [3.05, 3.63) is 72.9 Å². The van der Waals surface area contributed by atoms with Gasteiger partial charge in [-0.25, -0.2) is 4.57 Å². The minimum absolute atomic E-state index is 0.0573. The molecule has 0 aromatic carbocycles. The highest BCUT2D eigenvalue weighted by Crippen LogP contribution is 2.43. The third kappa shape index (κ3) is 41.6. The lowest BCUT2D eigenvalue weighted by Gasteiger charge is -2.20. The SMILES string of the molecule is CC/C=C/C/C=C/C/C=C/C/C=C/C/C=C/C/C=C/CCC(=O)O[C@H](COC(=O)CCCCCCCCCCCCCCCCCC)COP(=O)(O)OC[C@@H](O)CO. The molecule has 0 heterocycles. The van der Waals surface area contributed by atoms with Gasteiger partial charge in [-0.2, -0.15) is 0 Å². The van der Waals surface area contributed by atoms with Crippen molar-refractivity contribution in [2.24, 2.45) is 0 Å². The monoisotopic (exact) mass is 837 g/mol. The third-order valence-electron chi connectivity index (χ3n) is 9.14. The van der Waals surface area contributed by atoms with Crippen LogP contribution in [0.3, 0.4) is 0 Å². The van der Waals surface area contributed by atoms with Crippen LogP contribution in [-0.4, -0.2) is 65.7 Å². The molecular formula is C47H81O10P. The summed E-state index contributed by atoms with van der Waals surface area (Å²) < 4.78 is 32.6. The molecule has 0 fully saturated rings. The van der Waals surface area contributed by atoms with Crippen molar-refractivity contribution in [2.75, 3.05) is 26.4 Å². The molecule has 0 aliphatic heterocycles. The van der Waals surface area contributed by atoms with Crippen LogP contribution in [0.5, 0.6) is 0 Å². The maximum Gasteiger partial charge on any atom is 0.472 e. The van der Waals surface area contributed by atoms with Gasteiger partial charge in [0.2, 0.25) is 0 Å². The topological polar surface area (TPSA) is 149 Å². The second-order valence-corrected chi connectivity index (χ2v) is 16.2. The van der Waals surface area contributed by atoms with Crippen LogP contribution >= 0.6 is 7.82 Å². The summed E-state index contributed by atoms with van der Waals surface area (Å²) in [6, 6.07) is 0. The number of hydrogen-bond donors (Lipinski definition) is 3. The van der Waals surface area contributed by atoms with Crippen LogP contribution in [0.4, 0.5) is 0 Å². The van der Waals surface area contributed by atoms with Crippen LogP contribution in [0.2, 0.25) is 0 Å². The highest BCUT2D eigenvalue weighted by atomic mass is 31.2. The van der Waals surface area contributed by atoms with Gasteiger partial charge in [-0.05, 0) is 51.4 Å². The van der Waals surface area contributed by atoms with Crippen molar-refractivity contribution in [3.63, 3.8) is 0 Å². The van der Waals surface area contributed by atoms with Gasteiger partial charge >= 0.3 is 19.8 Å². The first kappa shape index (κ1) is 55.4. The fraction of sp³-hybridized carbons (Fsp3) is 0.702. The minimum atomic E-state index is -4.64. The number of allylic oxidation sites excluding steroid dienone is 12. The van der Waals surface area contributed by atoms with E-state index in [1.54, 1.807) is 0 Å². The Bertz CT molecular complexity index is 1190. The van der Waals surface area contributed by atoms with Gasteiger partial charge in [-0.15, -0.1) is 0 Å². The van der Waals surface area contributed by atoms with Crippen LogP contribution in [0.1, 0.15) is 174 Å². The Morgan fingerprint density at radius 1 is 0.534 bits per heavy atom. The number of phosphoric acid groups is 1. The molecular weight excluding hydrogens is 755 g/mol. The number of phosphoric ester groups is 1. The van der Waals surface area contributed by atoms with E-state index in [1.807, 2.05) is 12.2 Å². The maximum atomic E-state index is 12.6. The summed E-state index contributed by atoms with van der Waals surface area (Å²) in [7, 11) is -4.64. The van der Waals surface area contributed by atoms with Crippen LogP contribution in [0, 0.1) is 0 Å². The van der Waals surface area contributed by atoms with Crippen molar-refractivity contribution in [1.82, 2.24) is 0 Å². The number of carbonyl (C=O) groups is 2. The summed E-state index contributed by atoms with van der Waals surface area (Å²) in [5.74, 6) is -1.02. The minimum Gasteiger partial charge on any atom is -0.462 e. The van der Waals surface area contributed by atoms with Gasteiger partial charge in [0.05, 0.1) is 19.8 Å². The lowest BCUT2D eigenvalue weighted by Crippen LogP contribution is -2.29. The highest BCUT2D eigenvalue weighted by Gasteiger charge is 2.27. The maximum absolute atomic E-state index is 12.6. The van der Waals surface area contributed by atoms with Gasteiger partial charge in [-0.1, -0.05) is 183 Å². The Balaban J connectivity index is 4.40. The molecule has 0 spiro atoms. The average Bonchev–Trinajstić information content (AvgIpc) is 3.21. The number of rotatable bonds is 41. The first-order valence-corrected chi connectivity index (χ1v) is 23.9. The molecule has 10 nitrogen and oxygen atoms in total. The van der Waals surface area contributed by atoms with Crippen molar-refractivity contribution < 1.29 is 47.8 Å². The Hall–Kier alpha value is -2.59. The Kier molecular flexibility index (Phi) is 40.6. The Labute approximate surface area is 352 Å². The second kappa shape index (κ2) is 42.5. The van der Waals surface area contributed by atoms with Gasteiger partial charge in [-0.3, -0.25) is 18.6 Å². The zero-order valence-corrected chi connectivity index (χ0v) is 37.1. The zero-order chi connectivity index (χ0) is 42.6. The van der Waals surface area contributed by atoms with E-state index >= 15 is 0 Å². The smallest absolute Gasteiger partial charge is 0.462 e. The van der Waals surface area contributed by atoms with Gasteiger partial charge < -0.3 is 24.6 Å². The lowest BCUT2D eigenvalue weighted by atomic mass is 10.0. The molecule has 58 heavy (non-hydrogen) atoms. The summed E-state index contributed by atoms with van der Waals surface area (Å²) >= 11 is 0. The molecule has 0 saturated carbocycles. The zero-order valence-electron chi connectivity index (χ0n) is 36.2. The molecule has 3 N–H and O–H groups in total. The largest absolute Gasteiger partial charge is 0.472 e. The van der Waals surface area contributed by atoms with Crippen molar-refractivity contribution in [3.8, 4) is 0 Å². The van der Waals surface area contributed by atoms with Crippen LogP contribution < -0.4 is 0 Å². The second-order valence-electron chi connectivity index (χ2n) is 14.7. The Morgan fingerprint density at radius 2 is 0.948 bits per heavy atom. The molecule has 3 atom stereocenters. The molecule has 0 aliphatic carbocycles. The molecule has 0 aromatic rings. The van der Waals surface area contributed by atoms with Crippen LogP contribution in [0.15, 0.2) is 72.9 Å². The van der Waals surface area contributed by atoms with Crippen molar-refractivity contribution in [1.29, 1.82) is 0 Å². The highest BCUT2D eigenvalue weighted by molar-refractivity contribution is 7.47. The van der Waals surface area contributed by atoms with E-state index in [0.717, 1.165) is 57.8 Å². The predicted octanol–water partition coefficient (Wildman–Crippen LogP) is 12.1. The van der Waals surface area contributed by atoms with Crippen molar-refractivity contribution >= 4 is 19.8 Å². The average molecular weight is 837 g/mol. The number of aliphatic hydroxyl groups is 2. The molecule has 334 valence electrons. The summed E-state index contributed by atoms with van der Waals surface area (Å²) in [5, 5.41) is 18.3. The summed E-state index contributed by atoms with van der Waals surface area (Å²) in [6.45, 7) is 2.18. The number of hydrogen-bond acceptors (Lipinski definition) is 9. The van der Waals surface area contributed by atoms with Crippen LogP contribution in [0.25, 0.3) is 0 Å². The van der Waals surface area contributed by atoms with E-state index in [2.05, 4.69) is 79.1 Å². The normalized spacial score (nSPS) is 14.5. The first-order valence-electron chi connectivity index (χ1n) is 22.4. The van der Waals surface area contributed by atoms with E-state index in [9.17, 15) is 24.2 Å². The third-order valence-corrected chi connectivity index (χ3v) is 10.1. The van der Waals surface area contributed by atoms with E-state index in [1.165, 1.54) is 77.0 Å². The predicted molar refractivity (Wildman–Crippen MR) is 237 cm³/mol. The lowest BCUT2D eigenvalue weighted by molar-refractivity contribution is -0.161. The fourth-order valence-electron chi connectivity index (χ4n) is 5.72. The van der Waals surface area contributed by atoms with Gasteiger partial charge in [0, 0.05) is 12.8 Å². The summed E-state index contributed by atoms with van der Waals surface area (Å²) in [6.07, 6.45) is 48.8. The van der Waals surface area contributed by atoms with Gasteiger partial charge in [0.15, 0.2) is 6.10 Å². The standard InChI is InChI=1S/C47H81O10P/c1-3-5-7-9-11-13-15-17-19-21-22-23-25-27-29-31-33-35-37-39-47(51)57-45(43-56-58(52,53)55-41-44(49)40-48)42-54-46(50)38-36-34-32-30-28-26-24-20-18-16-14-12-10-8-6-4-2/h5,7,11,13,17,19,22-23,27,29,33,35,44-45,48-49H,3-4,6,8-10,12,14-16,18,20-21,24-26,28,30-32,34,36-43H2,1-2H3,(H,52,53)/b7-5+,13-11+,19-17+,23-22+,29-27+,35-33+/t44-,45+/m0/s1. The molecule has 0 bridgehead atoms. The molecule has 0 radical (unpaired) electrons. The Morgan fingerprint density at radius 3 is 1.40 bits per heavy atom. The first-order chi connectivity index (χ1) is 28.2. The summed E-state index contributed by atoms with van der Waals surface area (Å²) in [5.41, 5.74) is 0. The van der Waals surface area contributed by atoms with E-state index in [-0.39, 0.29) is 19.4 Å². The van der Waals surface area contributed by atoms with E-state index < -0.39 is 51.8 Å². The number of carbonyl (C=O) groups excluding carboxylic acids is 2. The molecule has 1 unspecified atom stereocenters. The molecule has 0 saturated heterocycles. The fourth-order valence-corrected chi connectivity index (χ4v) is 6.51.